The second-order valence-corrected chi connectivity index (χ2v) is 3.18. The lowest BCUT2D eigenvalue weighted by Gasteiger charge is -2.09. The molecule has 2 N–H and O–H groups in total. The Bertz CT molecular complexity index is 447. The average Bonchev–Trinajstić information content (AvgIpc) is 2.57. The van der Waals surface area contributed by atoms with Crippen LogP contribution in [0.15, 0.2) is 28.9 Å². The number of rotatable bonds is 1. The number of nitrogens with two attached hydrogens (primary N) is 1. The molecule has 1 aliphatic heterocycles. The fraction of sp³-hybridized carbons (Fsp3) is 0.200. The van der Waals surface area contributed by atoms with Crippen LogP contribution in [0.2, 0.25) is 0 Å². The van der Waals surface area contributed by atoms with Crippen molar-refractivity contribution in [2.75, 3.05) is 0 Å². The molecule has 5 heteroatoms. The fourth-order valence-electron chi connectivity index (χ4n) is 1.48. The summed E-state index contributed by atoms with van der Waals surface area (Å²) in [6, 6.07) is 3.84. The lowest BCUT2D eigenvalue weighted by molar-refractivity contribution is -0.137. The number of alkyl halides is 3. The Balaban J connectivity index is 2.63. The summed E-state index contributed by atoms with van der Waals surface area (Å²) in [5.41, 5.74) is 5.35. The van der Waals surface area contributed by atoms with Crippen molar-refractivity contribution in [1.82, 2.24) is 0 Å². The number of fused-ring (bicyclic) bond motifs is 1. The molecule has 2 nitrogen and oxygen atoms in total. The molecule has 0 bridgehead atoms. The fourth-order valence-corrected chi connectivity index (χ4v) is 1.48. The highest BCUT2D eigenvalue weighted by molar-refractivity contribution is 5.67. The molecule has 15 heavy (non-hydrogen) atoms. The van der Waals surface area contributed by atoms with Crippen LogP contribution in [-0.4, -0.2) is 0 Å². The highest BCUT2D eigenvalue weighted by atomic mass is 19.4. The molecule has 1 heterocycles. The summed E-state index contributed by atoms with van der Waals surface area (Å²) in [6.07, 6.45) is -3.33. The maximum absolute atomic E-state index is 12.6. The predicted molar refractivity (Wildman–Crippen MR) is 48.2 cm³/mol. The van der Waals surface area contributed by atoms with E-state index in [0.717, 1.165) is 12.3 Å². The van der Waals surface area contributed by atoms with Gasteiger partial charge in [-0.3, -0.25) is 0 Å². The molecule has 0 saturated carbocycles. The van der Waals surface area contributed by atoms with Gasteiger partial charge in [0.2, 0.25) is 0 Å². The third kappa shape index (κ3) is 1.70. The quantitative estimate of drug-likeness (QED) is 0.794. The van der Waals surface area contributed by atoms with Gasteiger partial charge in [-0.2, -0.15) is 13.2 Å². The van der Waals surface area contributed by atoms with Crippen molar-refractivity contribution in [1.29, 1.82) is 0 Å². The van der Waals surface area contributed by atoms with Crippen LogP contribution in [0.4, 0.5) is 13.2 Å². The van der Waals surface area contributed by atoms with Gasteiger partial charge in [-0.1, -0.05) is 0 Å². The van der Waals surface area contributed by atoms with Crippen molar-refractivity contribution < 1.29 is 17.6 Å². The molecule has 0 unspecified atom stereocenters. The highest BCUT2D eigenvalue weighted by Crippen LogP contribution is 2.39. The molecule has 2 aliphatic rings. The minimum absolute atomic E-state index is 0.0606. The third-order valence-electron chi connectivity index (χ3n) is 2.17. The molecule has 0 fully saturated rings. The van der Waals surface area contributed by atoms with Crippen LogP contribution in [0, 0.1) is 0 Å². The van der Waals surface area contributed by atoms with Crippen LogP contribution in [0.3, 0.4) is 0 Å². The van der Waals surface area contributed by atoms with Gasteiger partial charge in [0.15, 0.2) is 0 Å². The Labute approximate surface area is 83.8 Å². The average molecular weight is 215 g/mol. The van der Waals surface area contributed by atoms with E-state index in [9.17, 15) is 13.2 Å². The summed E-state index contributed by atoms with van der Waals surface area (Å²) in [5, 5.41) is 0. The van der Waals surface area contributed by atoms with Crippen molar-refractivity contribution in [3.8, 4) is 11.3 Å². The second kappa shape index (κ2) is 3.27. The minimum Gasteiger partial charge on any atom is -0.464 e. The first-order chi connectivity index (χ1) is 7.02. The summed E-state index contributed by atoms with van der Waals surface area (Å²) >= 11 is 0. The summed E-state index contributed by atoms with van der Waals surface area (Å²) < 4.78 is 42.6. The van der Waals surface area contributed by atoms with Gasteiger partial charge >= 0.3 is 6.18 Å². The van der Waals surface area contributed by atoms with E-state index < -0.39 is 11.7 Å². The van der Waals surface area contributed by atoms with E-state index in [0.29, 0.717) is 5.56 Å². The number of halogens is 3. The molecule has 0 amide bonds. The van der Waals surface area contributed by atoms with E-state index in [1.165, 1.54) is 12.1 Å². The van der Waals surface area contributed by atoms with Crippen molar-refractivity contribution in [2.24, 2.45) is 5.73 Å². The first-order valence-electron chi connectivity index (χ1n) is 4.30. The third-order valence-corrected chi connectivity index (χ3v) is 2.17. The van der Waals surface area contributed by atoms with Gasteiger partial charge in [-0.15, -0.1) is 0 Å². The molecule has 0 spiro atoms. The summed E-state index contributed by atoms with van der Waals surface area (Å²) in [4.78, 5) is 0. The lowest BCUT2D eigenvalue weighted by atomic mass is 10.1. The smallest absolute Gasteiger partial charge is 0.417 e. The van der Waals surface area contributed by atoms with Gasteiger partial charge in [0.1, 0.15) is 5.76 Å². The Morgan fingerprint density at radius 2 is 2.00 bits per heavy atom. The summed E-state index contributed by atoms with van der Waals surface area (Å²) in [5.74, 6) is 0.213. The van der Waals surface area contributed by atoms with Crippen molar-refractivity contribution >= 4 is 0 Å². The Kier molecular flexibility index (Phi) is 2.19. The standard InChI is InChI=1S/C10H8F3NO/c11-10(12,13)8-1-2-15-9-4-6(5-14)3-7(8)9/h1-4H,5,14H2. The van der Waals surface area contributed by atoms with E-state index in [-0.39, 0.29) is 17.9 Å². The minimum atomic E-state index is -4.37. The van der Waals surface area contributed by atoms with Crippen LogP contribution in [-0.2, 0) is 12.7 Å². The first kappa shape index (κ1) is 10.0. The zero-order valence-corrected chi connectivity index (χ0v) is 7.64. The summed E-state index contributed by atoms with van der Waals surface area (Å²) in [7, 11) is 0. The van der Waals surface area contributed by atoms with Gasteiger partial charge in [0.05, 0.1) is 11.8 Å². The van der Waals surface area contributed by atoms with Gasteiger partial charge in [0.25, 0.3) is 0 Å². The molecule has 0 aromatic rings. The zero-order chi connectivity index (χ0) is 11.1. The molecule has 0 aromatic heterocycles. The van der Waals surface area contributed by atoms with Crippen molar-refractivity contribution in [3.63, 3.8) is 0 Å². The number of hydrogen-bond donors (Lipinski definition) is 1. The molecule has 2 rings (SSSR count). The normalized spacial score (nSPS) is 12.3. The van der Waals surface area contributed by atoms with Gasteiger partial charge < -0.3 is 10.2 Å². The maximum Gasteiger partial charge on any atom is 0.417 e. The van der Waals surface area contributed by atoms with Crippen molar-refractivity contribution in [3.05, 3.63) is 35.6 Å². The number of hydrogen-bond acceptors (Lipinski definition) is 2. The maximum atomic E-state index is 12.6. The second-order valence-electron chi connectivity index (χ2n) is 3.18. The van der Waals surface area contributed by atoms with E-state index in [1.807, 2.05) is 0 Å². The van der Waals surface area contributed by atoms with Crippen LogP contribution in [0.5, 0.6) is 0 Å². The molecule has 0 radical (unpaired) electrons. The molecule has 0 atom stereocenters. The zero-order valence-electron chi connectivity index (χ0n) is 7.64. The van der Waals surface area contributed by atoms with Crippen LogP contribution < -0.4 is 5.73 Å². The van der Waals surface area contributed by atoms with Crippen LogP contribution >= 0.6 is 0 Å². The molecule has 0 saturated heterocycles. The van der Waals surface area contributed by atoms with Crippen LogP contribution in [0.1, 0.15) is 11.1 Å². The Morgan fingerprint density at radius 1 is 1.27 bits per heavy atom. The first-order valence-corrected chi connectivity index (χ1v) is 4.30. The SMILES string of the molecule is NCc1cc2occc(C(F)(F)F)c-2c1. The molecule has 0 aromatic carbocycles. The van der Waals surface area contributed by atoms with Crippen molar-refractivity contribution in [2.45, 2.75) is 12.7 Å². The highest BCUT2D eigenvalue weighted by Gasteiger charge is 2.35. The monoisotopic (exact) mass is 215 g/mol. The van der Waals surface area contributed by atoms with E-state index in [4.69, 9.17) is 10.2 Å². The largest absolute Gasteiger partial charge is 0.464 e. The topological polar surface area (TPSA) is 39.2 Å². The van der Waals surface area contributed by atoms with E-state index in [1.54, 1.807) is 0 Å². The predicted octanol–water partition coefficient (Wildman–Crippen LogP) is 2.86. The molecule has 1 aliphatic carbocycles. The molecule has 80 valence electrons. The molecular formula is C10H8F3NO. The van der Waals surface area contributed by atoms with Crippen LogP contribution in [0.25, 0.3) is 11.3 Å². The van der Waals surface area contributed by atoms with Gasteiger partial charge in [-0.25, -0.2) is 0 Å². The van der Waals surface area contributed by atoms with Gasteiger partial charge in [-0.05, 0) is 23.8 Å². The van der Waals surface area contributed by atoms with Gasteiger partial charge in [0, 0.05) is 12.1 Å². The summed E-state index contributed by atoms with van der Waals surface area (Å²) in [6.45, 7) is 0.196. The molecular weight excluding hydrogens is 207 g/mol. The van der Waals surface area contributed by atoms with E-state index >= 15 is 0 Å². The van der Waals surface area contributed by atoms with E-state index in [2.05, 4.69) is 0 Å². The Morgan fingerprint density at radius 3 is 2.60 bits per heavy atom. The lowest BCUT2D eigenvalue weighted by Crippen LogP contribution is -2.06. The Hall–Kier alpha value is -1.49.